The third kappa shape index (κ3) is 3.43. The molecule has 2 heteroatoms. The maximum absolute atomic E-state index is 10.2. The zero-order valence-corrected chi connectivity index (χ0v) is 11.3. The molecule has 0 fully saturated rings. The second-order valence-electron chi connectivity index (χ2n) is 5.05. The van der Waals surface area contributed by atoms with E-state index in [0.717, 1.165) is 11.1 Å². The van der Waals surface area contributed by atoms with Crippen LogP contribution in [0.4, 0.5) is 0 Å². The Bertz CT molecular complexity index is 487. The predicted molar refractivity (Wildman–Crippen MR) is 77.7 cm³/mol. The third-order valence-corrected chi connectivity index (χ3v) is 3.21. The van der Waals surface area contributed by atoms with Crippen LogP contribution in [0.2, 0.25) is 0 Å². The summed E-state index contributed by atoms with van der Waals surface area (Å²) in [6.45, 7) is 6.36. The van der Waals surface area contributed by atoms with E-state index in [-0.39, 0.29) is 0 Å². The molecule has 100 valence electrons. The van der Waals surface area contributed by atoms with Crippen molar-refractivity contribution < 1.29 is 9.84 Å². The zero-order chi connectivity index (χ0) is 13.7. The molecule has 2 unspecified atom stereocenters. The first kappa shape index (κ1) is 13.8. The van der Waals surface area contributed by atoms with Crippen LogP contribution in [0.5, 0.6) is 0 Å². The van der Waals surface area contributed by atoms with Crippen molar-refractivity contribution in [3.05, 3.63) is 72.4 Å². The van der Waals surface area contributed by atoms with Crippen molar-refractivity contribution in [3.63, 3.8) is 0 Å². The van der Waals surface area contributed by atoms with Crippen LogP contribution in [0.15, 0.2) is 66.8 Å². The molecule has 1 aliphatic carbocycles. The van der Waals surface area contributed by atoms with Gasteiger partial charge in [-0.25, -0.2) is 0 Å². The van der Waals surface area contributed by atoms with Gasteiger partial charge in [-0.15, -0.1) is 6.58 Å². The molecule has 19 heavy (non-hydrogen) atoms. The molecular weight excluding hydrogens is 236 g/mol. The van der Waals surface area contributed by atoms with Gasteiger partial charge in [0.05, 0.1) is 6.61 Å². The van der Waals surface area contributed by atoms with Crippen LogP contribution in [0.1, 0.15) is 18.9 Å². The van der Waals surface area contributed by atoms with Gasteiger partial charge >= 0.3 is 0 Å². The van der Waals surface area contributed by atoms with E-state index in [9.17, 15) is 5.11 Å². The van der Waals surface area contributed by atoms with Crippen LogP contribution in [0.3, 0.4) is 0 Å². The van der Waals surface area contributed by atoms with Gasteiger partial charge in [-0.05, 0) is 18.6 Å². The summed E-state index contributed by atoms with van der Waals surface area (Å²) in [5, 5.41) is 10.2. The van der Waals surface area contributed by atoms with Crippen molar-refractivity contribution in [2.24, 2.45) is 0 Å². The minimum absolute atomic E-state index is 0.476. The molecule has 0 radical (unpaired) electrons. The van der Waals surface area contributed by atoms with E-state index in [0.29, 0.717) is 13.0 Å². The molecule has 0 amide bonds. The Morgan fingerprint density at radius 1 is 1.32 bits per heavy atom. The fourth-order valence-corrected chi connectivity index (χ4v) is 2.26. The molecule has 1 N–H and O–H groups in total. The minimum Gasteiger partial charge on any atom is -0.386 e. The number of rotatable bonds is 5. The summed E-state index contributed by atoms with van der Waals surface area (Å²) in [6.07, 6.45) is 7.41. The fourth-order valence-electron chi connectivity index (χ4n) is 2.26. The lowest BCUT2D eigenvalue weighted by molar-refractivity contribution is -0.0836. The maximum atomic E-state index is 10.2. The van der Waals surface area contributed by atoms with Crippen LogP contribution in [0.25, 0.3) is 0 Å². The SMILES string of the molecule is C=C(C)CC1(OCc2ccccc2)C=CC=CC1O. The Kier molecular flexibility index (Phi) is 4.35. The smallest absolute Gasteiger partial charge is 0.120 e. The molecular formula is C17H20O2. The van der Waals surface area contributed by atoms with Crippen molar-refractivity contribution in [1.29, 1.82) is 0 Å². The predicted octanol–water partition coefficient (Wildman–Crippen LogP) is 3.40. The van der Waals surface area contributed by atoms with E-state index in [1.54, 1.807) is 6.08 Å². The Hall–Kier alpha value is -1.64. The molecule has 0 spiro atoms. The number of allylic oxidation sites excluding steroid dienone is 2. The van der Waals surface area contributed by atoms with Crippen molar-refractivity contribution >= 4 is 0 Å². The molecule has 0 saturated heterocycles. The van der Waals surface area contributed by atoms with E-state index in [1.165, 1.54) is 0 Å². The highest BCUT2D eigenvalue weighted by Gasteiger charge is 2.36. The van der Waals surface area contributed by atoms with Crippen LogP contribution >= 0.6 is 0 Å². The molecule has 0 aliphatic heterocycles. The van der Waals surface area contributed by atoms with Gasteiger partial charge in [-0.2, -0.15) is 0 Å². The van der Waals surface area contributed by atoms with Gasteiger partial charge in [-0.3, -0.25) is 0 Å². The average molecular weight is 256 g/mol. The summed E-state index contributed by atoms with van der Waals surface area (Å²) in [5.41, 5.74) is 1.39. The Morgan fingerprint density at radius 2 is 2.05 bits per heavy atom. The van der Waals surface area contributed by atoms with Gasteiger partial charge in [0, 0.05) is 6.42 Å². The number of hydrogen-bond donors (Lipinski definition) is 1. The van der Waals surface area contributed by atoms with Gasteiger partial charge in [-0.1, -0.05) is 54.1 Å². The summed E-state index contributed by atoms with van der Waals surface area (Å²) in [7, 11) is 0. The van der Waals surface area contributed by atoms with E-state index in [4.69, 9.17) is 4.74 Å². The summed E-state index contributed by atoms with van der Waals surface area (Å²) in [6, 6.07) is 9.98. The number of aliphatic hydroxyl groups excluding tert-OH is 1. The molecule has 2 nitrogen and oxygen atoms in total. The molecule has 2 atom stereocenters. The van der Waals surface area contributed by atoms with Gasteiger partial charge in [0.25, 0.3) is 0 Å². The molecule has 2 rings (SSSR count). The lowest BCUT2D eigenvalue weighted by atomic mass is 9.86. The molecule has 0 bridgehead atoms. The topological polar surface area (TPSA) is 29.5 Å². The fraction of sp³-hybridized carbons (Fsp3) is 0.294. The van der Waals surface area contributed by atoms with E-state index >= 15 is 0 Å². The maximum Gasteiger partial charge on any atom is 0.120 e. The number of aliphatic hydroxyl groups is 1. The standard InChI is InChI=1S/C17H20O2/c1-14(2)12-17(11-7-6-10-16(17)18)19-13-15-8-4-3-5-9-15/h3-11,16,18H,1,12-13H2,2H3. The average Bonchev–Trinajstić information content (AvgIpc) is 2.40. The van der Waals surface area contributed by atoms with Crippen molar-refractivity contribution in [2.45, 2.75) is 31.7 Å². The van der Waals surface area contributed by atoms with Crippen molar-refractivity contribution in [2.75, 3.05) is 0 Å². The van der Waals surface area contributed by atoms with Crippen LogP contribution in [-0.4, -0.2) is 16.8 Å². The van der Waals surface area contributed by atoms with Gasteiger partial charge in [0.2, 0.25) is 0 Å². The first-order chi connectivity index (χ1) is 9.12. The summed E-state index contributed by atoms with van der Waals surface area (Å²) < 4.78 is 6.03. The van der Waals surface area contributed by atoms with Crippen LogP contribution in [-0.2, 0) is 11.3 Å². The zero-order valence-electron chi connectivity index (χ0n) is 11.3. The Balaban J connectivity index is 2.13. The van der Waals surface area contributed by atoms with Crippen molar-refractivity contribution in [1.82, 2.24) is 0 Å². The number of ether oxygens (including phenoxy) is 1. The second-order valence-corrected chi connectivity index (χ2v) is 5.05. The quantitative estimate of drug-likeness (QED) is 0.818. The van der Waals surface area contributed by atoms with E-state index < -0.39 is 11.7 Å². The molecule has 1 aliphatic rings. The first-order valence-electron chi connectivity index (χ1n) is 6.49. The van der Waals surface area contributed by atoms with Crippen LogP contribution < -0.4 is 0 Å². The lowest BCUT2D eigenvalue weighted by Gasteiger charge is -2.36. The van der Waals surface area contributed by atoms with Gasteiger partial charge in [0.15, 0.2) is 0 Å². The Morgan fingerprint density at radius 3 is 2.68 bits per heavy atom. The number of hydrogen-bond acceptors (Lipinski definition) is 2. The lowest BCUT2D eigenvalue weighted by Crippen LogP contribution is -2.43. The third-order valence-electron chi connectivity index (χ3n) is 3.21. The Labute approximate surface area is 114 Å². The van der Waals surface area contributed by atoms with E-state index in [2.05, 4.69) is 6.58 Å². The highest BCUT2D eigenvalue weighted by atomic mass is 16.5. The summed E-state index contributed by atoms with van der Waals surface area (Å²) >= 11 is 0. The monoisotopic (exact) mass is 256 g/mol. The summed E-state index contributed by atoms with van der Waals surface area (Å²) in [5.74, 6) is 0. The largest absolute Gasteiger partial charge is 0.386 e. The minimum atomic E-state index is -0.698. The molecule has 0 aromatic heterocycles. The van der Waals surface area contributed by atoms with E-state index in [1.807, 2.05) is 55.5 Å². The highest BCUT2D eigenvalue weighted by molar-refractivity contribution is 5.26. The molecule has 1 aromatic carbocycles. The van der Waals surface area contributed by atoms with Crippen LogP contribution in [0, 0.1) is 0 Å². The first-order valence-corrected chi connectivity index (χ1v) is 6.49. The molecule has 0 heterocycles. The normalized spacial score (nSPS) is 25.5. The molecule has 0 saturated carbocycles. The second kappa shape index (κ2) is 6.00. The van der Waals surface area contributed by atoms with Gasteiger partial charge < -0.3 is 9.84 Å². The van der Waals surface area contributed by atoms with Gasteiger partial charge in [0.1, 0.15) is 11.7 Å². The van der Waals surface area contributed by atoms with Crippen molar-refractivity contribution in [3.8, 4) is 0 Å². The number of benzene rings is 1. The molecule has 1 aromatic rings. The summed E-state index contributed by atoms with van der Waals surface area (Å²) in [4.78, 5) is 0. The highest BCUT2D eigenvalue weighted by Crippen LogP contribution is 2.30.